The van der Waals surface area contributed by atoms with Crippen LogP contribution >= 0.6 is 11.6 Å². The summed E-state index contributed by atoms with van der Waals surface area (Å²) in [6.07, 6.45) is 2.28. The Balaban J connectivity index is 1.88. The number of likely N-dealkylation sites (tertiary alicyclic amines) is 1. The molecule has 1 fully saturated rings. The first-order valence-electron chi connectivity index (χ1n) is 9.44. The summed E-state index contributed by atoms with van der Waals surface area (Å²) in [5, 5.41) is 9.53. The second-order valence-electron chi connectivity index (χ2n) is 7.87. The van der Waals surface area contributed by atoms with E-state index in [0.29, 0.717) is 18.1 Å². The molecule has 0 aliphatic carbocycles. The monoisotopic (exact) mass is 390 g/mol. The zero-order valence-corrected chi connectivity index (χ0v) is 17.2. The van der Waals surface area contributed by atoms with Crippen molar-refractivity contribution in [3.63, 3.8) is 0 Å². The highest BCUT2D eigenvalue weighted by molar-refractivity contribution is 6.30. The quantitative estimate of drug-likeness (QED) is 0.764. The maximum absolute atomic E-state index is 12.7. The van der Waals surface area contributed by atoms with Crippen molar-refractivity contribution >= 4 is 17.7 Å². The molecule has 1 saturated heterocycles. The second kappa shape index (κ2) is 7.89. The van der Waals surface area contributed by atoms with Crippen LogP contribution in [0.5, 0.6) is 0 Å². The van der Waals surface area contributed by atoms with Crippen LogP contribution in [0.1, 0.15) is 63.8 Å². The van der Waals surface area contributed by atoms with Gasteiger partial charge >= 0.3 is 6.09 Å². The number of rotatable bonds is 4. The number of benzene rings is 1. The molecule has 1 atom stereocenters. The number of carbonyl (C=O) groups is 1. The van der Waals surface area contributed by atoms with Crippen LogP contribution in [0.4, 0.5) is 4.79 Å². The molecule has 0 unspecified atom stereocenters. The number of carbonyl (C=O) groups excluding carboxylic acids is 1. The van der Waals surface area contributed by atoms with Gasteiger partial charge < -0.3 is 9.30 Å². The van der Waals surface area contributed by atoms with Crippen molar-refractivity contribution in [1.29, 1.82) is 0 Å². The number of ether oxygens (including phenoxy) is 1. The number of amides is 1. The lowest BCUT2D eigenvalue weighted by molar-refractivity contribution is 0.0215. The van der Waals surface area contributed by atoms with Crippen molar-refractivity contribution in [2.45, 2.75) is 65.1 Å². The van der Waals surface area contributed by atoms with Crippen LogP contribution < -0.4 is 0 Å². The van der Waals surface area contributed by atoms with Gasteiger partial charge in [-0.15, -0.1) is 10.2 Å². The van der Waals surface area contributed by atoms with Gasteiger partial charge in [0.1, 0.15) is 11.4 Å². The van der Waals surface area contributed by atoms with Gasteiger partial charge in [-0.2, -0.15) is 0 Å². The predicted octanol–water partition coefficient (Wildman–Crippen LogP) is 4.61. The molecule has 0 bridgehead atoms. The number of aromatic nitrogens is 3. The molecule has 1 aromatic heterocycles. The number of aryl methyl sites for hydroxylation is 1. The van der Waals surface area contributed by atoms with E-state index in [-0.39, 0.29) is 12.1 Å². The summed E-state index contributed by atoms with van der Waals surface area (Å²) in [4.78, 5) is 14.4. The smallest absolute Gasteiger partial charge is 0.410 e. The Hall–Kier alpha value is -2.08. The van der Waals surface area contributed by atoms with Gasteiger partial charge in [-0.1, -0.05) is 30.7 Å². The fourth-order valence-corrected chi connectivity index (χ4v) is 3.50. The van der Waals surface area contributed by atoms with Crippen LogP contribution in [0.3, 0.4) is 0 Å². The molecule has 2 heterocycles. The van der Waals surface area contributed by atoms with E-state index in [0.717, 1.165) is 36.5 Å². The van der Waals surface area contributed by atoms with Gasteiger partial charge in [0.05, 0.1) is 12.6 Å². The maximum Gasteiger partial charge on any atom is 0.410 e. The van der Waals surface area contributed by atoms with Crippen LogP contribution in [-0.2, 0) is 17.7 Å². The first-order valence-corrected chi connectivity index (χ1v) is 9.82. The number of hydrogen-bond donors (Lipinski definition) is 0. The molecular weight excluding hydrogens is 364 g/mol. The lowest BCUT2D eigenvalue weighted by Crippen LogP contribution is -2.37. The Bertz CT molecular complexity index is 795. The minimum absolute atomic E-state index is 0.111. The molecule has 3 rings (SSSR count). The van der Waals surface area contributed by atoms with Crippen molar-refractivity contribution in [2.24, 2.45) is 0 Å². The normalized spacial score (nSPS) is 17.4. The van der Waals surface area contributed by atoms with E-state index < -0.39 is 5.60 Å². The molecule has 1 aliphatic rings. The standard InChI is InChI=1S/C20H27ClN4O2/c1-5-17-22-23-18(25(17)13-14-8-10-15(21)11-9-14)16-7-6-12-24(16)19(26)27-20(2,3)4/h8-11,16H,5-7,12-13H2,1-4H3/t16-/m1/s1. The molecule has 1 amide bonds. The zero-order valence-electron chi connectivity index (χ0n) is 16.4. The van der Waals surface area contributed by atoms with Crippen molar-refractivity contribution in [2.75, 3.05) is 6.54 Å². The van der Waals surface area contributed by atoms with Crippen LogP contribution in [0.15, 0.2) is 24.3 Å². The van der Waals surface area contributed by atoms with Gasteiger partial charge in [0.25, 0.3) is 0 Å². The molecule has 0 spiro atoms. The second-order valence-corrected chi connectivity index (χ2v) is 8.31. The minimum Gasteiger partial charge on any atom is -0.444 e. The Kier molecular flexibility index (Phi) is 5.75. The first kappa shape index (κ1) is 19.7. The molecular formula is C20H27ClN4O2. The maximum atomic E-state index is 12.7. The Morgan fingerprint density at radius 1 is 1.26 bits per heavy atom. The van der Waals surface area contributed by atoms with E-state index in [9.17, 15) is 4.79 Å². The summed E-state index contributed by atoms with van der Waals surface area (Å²) in [5.41, 5.74) is 0.604. The third kappa shape index (κ3) is 4.61. The predicted molar refractivity (Wildman–Crippen MR) is 105 cm³/mol. The Labute approximate surface area is 165 Å². The average molecular weight is 391 g/mol. The molecule has 27 heavy (non-hydrogen) atoms. The van der Waals surface area contributed by atoms with E-state index in [1.54, 1.807) is 4.90 Å². The Morgan fingerprint density at radius 2 is 1.96 bits per heavy atom. The van der Waals surface area contributed by atoms with E-state index in [1.807, 2.05) is 45.0 Å². The summed E-state index contributed by atoms with van der Waals surface area (Å²) >= 11 is 6.00. The van der Waals surface area contributed by atoms with Crippen LogP contribution in [0.25, 0.3) is 0 Å². The molecule has 0 N–H and O–H groups in total. The largest absolute Gasteiger partial charge is 0.444 e. The number of hydrogen-bond acceptors (Lipinski definition) is 4. The molecule has 1 aliphatic heterocycles. The van der Waals surface area contributed by atoms with E-state index >= 15 is 0 Å². The summed E-state index contributed by atoms with van der Waals surface area (Å²) in [7, 11) is 0. The molecule has 6 nitrogen and oxygen atoms in total. The fraction of sp³-hybridized carbons (Fsp3) is 0.550. The average Bonchev–Trinajstić information content (AvgIpc) is 3.21. The van der Waals surface area contributed by atoms with Gasteiger partial charge in [-0.3, -0.25) is 4.90 Å². The van der Waals surface area contributed by atoms with Crippen molar-refractivity contribution in [3.05, 3.63) is 46.5 Å². The highest BCUT2D eigenvalue weighted by Gasteiger charge is 2.36. The molecule has 7 heteroatoms. The highest BCUT2D eigenvalue weighted by Crippen LogP contribution is 2.33. The topological polar surface area (TPSA) is 60.3 Å². The number of halogens is 1. The minimum atomic E-state index is -0.518. The van der Waals surface area contributed by atoms with Gasteiger partial charge in [0.2, 0.25) is 0 Å². The third-order valence-corrected chi connectivity index (χ3v) is 4.86. The fourth-order valence-electron chi connectivity index (χ4n) is 3.38. The van der Waals surface area contributed by atoms with Gasteiger partial charge in [-0.25, -0.2) is 4.79 Å². The summed E-state index contributed by atoms with van der Waals surface area (Å²) < 4.78 is 7.71. The molecule has 0 saturated carbocycles. The molecule has 0 radical (unpaired) electrons. The summed E-state index contributed by atoms with van der Waals surface area (Å²) in [6, 6.07) is 7.67. The van der Waals surface area contributed by atoms with Gasteiger partial charge in [0, 0.05) is 18.0 Å². The summed E-state index contributed by atoms with van der Waals surface area (Å²) in [6.45, 7) is 9.04. The molecule has 2 aromatic rings. The number of nitrogens with zero attached hydrogens (tertiary/aromatic N) is 4. The van der Waals surface area contributed by atoms with Gasteiger partial charge in [0.15, 0.2) is 5.82 Å². The van der Waals surface area contributed by atoms with Crippen LogP contribution in [0.2, 0.25) is 5.02 Å². The lowest BCUT2D eigenvalue weighted by Gasteiger charge is -2.28. The first-order chi connectivity index (χ1) is 12.8. The summed E-state index contributed by atoms with van der Waals surface area (Å²) in [5.74, 6) is 1.74. The van der Waals surface area contributed by atoms with Crippen LogP contribution in [-0.4, -0.2) is 37.9 Å². The van der Waals surface area contributed by atoms with E-state index in [2.05, 4.69) is 21.7 Å². The van der Waals surface area contributed by atoms with E-state index in [4.69, 9.17) is 16.3 Å². The van der Waals surface area contributed by atoms with Gasteiger partial charge in [-0.05, 0) is 51.3 Å². The third-order valence-electron chi connectivity index (χ3n) is 4.61. The van der Waals surface area contributed by atoms with Crippen molar-refractivity contribution in [1.82, 2.24) is 19.7 Å². The SMILES string of the molecule is CCc1nnc([C@H]2CCCN2C(=O)OC(C)(C)C)n1Cc1ccc(Cl)cc1. The van der Waals surface area contributed by atoms with Crippen molar-refractivity contribution in [3.8, 4) is 0 Å². The van der Waals surface area contributed by atoms with Crippen molar-refractivity contribution < 1.29 is 9.53 Å². The highest BCUT2D eigenvalue weighted by atomic mass is 35.5. The van der Waals surface area contributed by atoms with E-state index in [1.165, 1.54) is 0 Å². The van der Waals surface area contributed by atoms with Crippen LogP contribution in [0, 0.1) is 0 Å². The lowest BCUT2D eigenvalue weighted by atomic mass is 10.1. The molecule has 1 aromatic carbocycles. The zero-order chi connectivity index (χ0) is 19.6. The Morgan fingerprint density at radius 3 is 2.59 bits per heavy atom. The molecule has 146 valence electrons.